The zero-order chi connectivity index (χ0) is 12.1. The van der Waals surface area contributed by atoms with Crippen LogP contribution in [0.3, 0.4) is 0 Å². The second-order valence-corrected chi connectivity index (χ2v) is 4.24. The predicted octanol–water partition coefficient (Wildman–Crippen LogP) is 1.21. The maximum atomic E-state index is 8.80. The number of nitriles is 1. The van der Waals surface area contributed by atoms with Crippen molar-refractivity contribution in [3.63, 3.8) is 0 Å². The molecule has 17 heavy (non-hydrogen) atoms. The first-order chi connectivity index (χ1) is 8.33. The number of rotatable bonds is 3. The summed E-state index contributed by atoms with van der Waals surface area (Å²) in [5.74, 6) is 1.30. The van der Waals surface area contributed by atoms with Crippen LogP contribution in [0.15, 0.2) is 12.3 Å². The second kappa shape index (κ2) is 5.60. The van der Waals surface area contributed by atoms with Crippen molar-refractivity contribution in [2.75, 3.05) is 31.7 Å². The molecule has 1 aliphatic heterocycles. The summed E-state index contributed by atoms with van der Waals surface area (Å²) < 4.78 is 5.17. The molecule has 2 rings (SSSR count). The van der Waals surface area contributed by atoms with Crippen molar-refractivity contribution in [1.29, 1.82) is 5.26 Å². The van der Waals surface area contributed by atoms with Gasteiger partial charge in [-0.3, -0.25) is 0 Å². The van der Waals surface area contributed by atoms with Gasteiger partial charge in [-0.05, 0) is 24.8 Å². The van der Waals surface area contributed by atoms with Crippen molar-refractivity contribution in [2.24, 2.45) is 5.92 Å². The summed E-state index contributed by atoms with van der Waals surface area (Å²) >= 11 is 0. The van der Waals surface area contributed by atoms with Crippen LogP contribution >= 0.6 is 0 Å². The maximum Gasteiger partial charge on any atom is 0.226 e. The van der Waals surface area contributed by atoms with Crippen molar-refractivity contribution >= 4 is 5.95 Å². The van der Waals surface area contributed by atoms with Gasteiger partial charge in [-0.25, -0.2) is 9.97 Å². The van der Waals surface area contributed by atoms with Gasteiger partial charge in [0.05, 0.1) is 0 Å². The minimum atomic E-state index is 0.425. The van der Waals surface area contributed by atoms with Gasteiger partial charge in [-0.1, -0.05) is 0 Å². The Labute approximate surface area is 101 Å². The van der Waals surface area contributed by atoms with Gasteiger partial charge in [0, 0.05) is 33.0 Å². The van der Waals surface area contributed by atoms with Gasteiger partial charge in [-0.2, -0.15) is 5.26 Å². The predicted molar refractivity (Wildman–Crippen MR) is 63.6 cm³/mol. The lowest BCUT2D eigenvalue weighted by molar-refractivity contribution is 0.139. The molecule has 1 fully saturated rings. The molecule has 0 aliphatic carbocycles. The van der Waals surface area contributed by atoms with E-state index in [1.54, 1.807) is 19.4 Å². The number of hydrogen-bond acceptors (Lipinski definition) is 5. The average Bonchev–Trinajstić information content (AvgIpc) is 2.40. The normalized spacial score (nSPS) is 16.8. The highest BCUT2D eigenvalue weighted by Crippen LogP contribution is 2.20. The lowest BCUT2D eigenvalue weighted by Gasteiger charge is -2.31. The van der Waals surface area contributed by atoms with Crippen molar-refractivity contribution in [3.8, 4) is 6.07 Å². The molecule has 1 aromatic heterocycles. The van der Waals surface area contributed by atoms with E-state index in [0.29, 0.717) is 17.6 Å². The van der Waals surface area contributed by atoms with E-state index in [9.17, 15) is 0 Å². The summed E-state index contributed by atoms with van der Waals surface area (Å²) in [6.45, 7) is 2.69. The minimum Gasteiger partial charge on any atom is -0.384 e. The molecule has 0 radical (unpaired) electrons. The Balaban J connectivity index is 1.98. The third-order valence-corrected chi connectivity index (χ3v) is 3.06. The van der Waals surface area contributed by atoms with Crippen LogP contribution in [-0.2, 0) is 4.74 Å². The van der Waals surface area contributed by atoms with Crippen LogP contribution in [0.4, 0.5) is 5.95 Å². The van der Waals surface area contributed by atoms with Crippen molar-refractivity contribution in [3.05, 3.63) is 18.0 Å². The zero-order valence-electron chi connectivity index (χ0n) is 9.96. The SMILES string of the molecule is COCC1CCN(c2nccc(C#N)n2)CC1. The summed E-state index contributed by atoms with van der Waals surface area (Å²) in [4.78, 5) is 10.6. The molecular weight excluding hydrogens is 216 g/mol. The molecule has 5 heteroatoms. The summed E-state index contributed by atoms with van der Waals surface area (Å²) in [7, 11) is 1.74. The summed E-state index contributed by atoms with van der Waals surface area (Å²) in [6, 6.07) is 3.66. The molecule has 0 atom stereocenters. The molecule has 0 aromatic carbocycles. The van der Waals surface area contributed by atoms with Crippen LogP contribution in [0.1, 0.15) is 18.5 Å². The first kappa shape index (κ1) is 11.8. The van der Waals surface area contributed by atoms with Gasteiger partial charge in [0.25, 0.3) is 0 Å². The number of methoxy groups -OCH3 is 1. The molecule has 1 saturated heterocycles. The Morgan fingerprint density at radius 3 is 2.94 bits per heavy atom. The van der Waals surface area contributed by atoms with E-state index >= 15 is 0 Å². The van der Waals surface area contributed by atoms with Gasteiger partial charge < -0.3 is 9.64 Å². The highest BCUT2D eigenvalue weighted by Gasteiger charge is 2.20. The minimum absolute atomic E-state index is 0.425. The van der Waals surface area contributed by atoms with E-state index in [1.165, 1.54) is 0 Å². The quantitative estimate of drug-likeness (QED) is 0.784. The maximum absolute atomic E-state index is 8.80. The van der Waals surface area contributed by atoms with E-state index < -0.39 is 0 Å². The topological polar surface area (TPSA) is 62.0 Å². The zero-order valence-corrected chi connectivity index (χ0v) is 9.96. The molecule has 0 saturated carbocycles. The fourth-order valence-corrected chi connectivity index (χ4v) is 2.10. The largest absolute Gasteiger partial charge is 0.384 e. The number of anilines is 1. The van der Waals surface area contributed by atoms with E-state index in [2.05, 4.69) is 14.9 Å². The van der Waals surface area contributed by atoms with Crippen LogP contribution in [0.2, 0.25) is 0 Å². The van der Waals surface area contributed by atoms with Crippen LogP contribution in [0.25, 0.3) is 0 Å². The molecule has 0 bridgehead atoms. The molecule has 0 amide bonds. The van der Waals surface area contributed by atoms with Crippen LogP contribution < -0.4 is 4.90 Å². The van der Waals surface area contributed by atoms with Gasteiger partial charge in [0.1, 0.15) is 11.8 Å². The smallest absolute Gasteiger partial charge is 0.226 e. The first-order valence-electron chi connectivity index (χ1n) is 5.80. The van der Waals surface area contributed by atoms with E-state index in [-0.39, 0.29) is 0 Å². The second-order valence-electron chi connectivity index (χ2n) is 4.24. The fraction of sp³-hybridized carbons (Fsp3) is 0.583. The Kier molecular flexibility index (Phi) is 3.89. The Hall–Kier alpha value is -1.67. The average molecular weight is 232 g/mol. The number of ether oxygens (including phenoxy) is 1. The Morgan fingerprint density at radius 1 is 1.53 bits per heavy atom. The number of hydrogen-bond donors (Lipinski definition) is 0. The van der Waals surface area contributed by atoms with Crippen molar-refractivity contribution in [1.82, 2.24) is 9.97 Å². The first-order valence-corrected chi connectivity index (χ1v) is 5.80. The van der Waals surface area contributed by atoms with E-state index in [0.717, 1.165) is 32.5 Å². The number of nitrogens with zero attached hydrogens (tertiary/aromatic N) is 4. The summed E-state index contributed by atoms with van der Waals surface area (Å²) in [6.07, 6.45) is 3.82. The lowest BCUT2D eigenvalue weighted by atomic mass is 9.98. The van der Waals surface area contributed by atoms with Crippen LogP contribution in [0, 0.1) is 17.2 Å². The Bertz CT molecular complexity index is 407. The standard InChI is InChI=1S/C12H16N4O/c1-17-9-10-3-6-16(7-4-10)12-14-5-2-11(8-13)15-12/h2,5,10H,3-4,6-7,9H2,1H3. The van der Waals surface area contributed by atoms with E-state index in [1.807, 2.05) is 6.07 Å². The molecule has 0 unspecified atom stereocenters. The van der Waals surface area contributed by atoms with Crippen LogP contribution in [-0.4, -0.2) is 36.8 Å². The summed E-state index contributed by atoms with van der Waals surface area (Å²) in [5, 5.41) is 8.80. The van der Waals surface area contributed by atoms with Crippen molar-refractivity contribution < 1.29 is 4.74 Å². The van der Waals surface area contributed by atoms with Gasteiger partial charge in [0.15, 0.2) is 0 Å². The third kappa shape index (κ3) is 2.92. The molecule has 5 nitrogen and oxygen atoms in total. The van der Waals surface area contributed by atoms with Crippen molar-refractivity contribution in [2.45, 2.75) is 12.8 Å². The molecule has 1 aliphatic rings. The number of piperidine rings is 1. The fourth-order valence-electron chi connectivity index (χ4n) is 2.10. The molecule has 2 heterocycles. The highest BCUT2D eigenvalue weighted by molar-refractivity contribution is 5.33. The van der Waals surface area contributed by atoms with Crippen LogP contribution in [0.5, 0.6) is 0 Å². The highest BCUT2D eigenvalue weighted by atomic mass is 16.5. The van der Waals surface area contributed by atoms with Gasteiger partial charge >= 0.3 is 0 Å². The lowest BCUT2D eigenvalue weighted by Crippen LogP contribution is -2.36. The molecule has 0 spiro atoms. The Morgan fingerprint density at radius 2 is 2.29 bits per heavy atom. The molecule has 1 aromatic rings. The number of aromatic nitrogens is 2. The van der Waals surface area contributed by atoms with Gasteiger partial charge in [-0.15, -0.1) is 0 Å². The molecular formula is C12H16N4O. The third-order valence-electron chi connectivity index (χ3n) is 3.06. The molecule has 90 valence electrons. The van der Waals surface area contributed by atoms with E-state index in [4.69, 9.17) is 10.00 Å². The monoisotopic (exact) mass is 232 g/mol. The molecule has 0 N–H and O–H groups in total. The summed E-state index contributed by atoms with van der Waals surface area (Å²) in [5.41, 5.74) is 0.425. The van der Waals surface area contributed by atoms with Gasteiger partial charge in [0.2, 0.25) is 5.95 Å².